The Morgan fingerprint density at radius 1 is 1.03 bits per heavy atom. The van der Waals surface area contributed by atoms with E-state index in [0.717, 1.165) is 5.56 Å². The third-order valence-corrected chi connectivity index (χ3v) is 4.80. The summed E-state index contributed by atoms with van der Waals surface area (Å²) in [5.41, 5.74) is 2.24. The van der Waals surface area contributed by atoms with Crippen LogP contribution < -0.4 is 19.7 Å². The number of nitrogens with one attached hydrogen (secondary N) is 1. The van der Waals surface area contributed by atoms with Crippen LogP contribution in [0.15, 0.2) is 60.3 Å². The molecule has 152 valence electrons. The van der Waals surface area contributed by atoms with E-state index in [1.807, 2.05) is 36.4 Å². The number of allylic oxidation sites excluding steroid dienone is 1. The van der Waals surface area contributed by atoms with Crippen LogP contribution in [0.2, 0.25) is 0 Å². The summed E-state index contributed by atoms with van der Waals surface area (Å²) in [5.74, 6) is 0.549. The van der Waals surface area contributed by atoms with Crippen LogP contribution in [-0.4, -0.2) is 39.2 Å². The number of rotatable bonds is 7. The average molecular weight is 396 g/mol. The number of anilines is 1. The van der Waals surface area contributed by atoms with Crippen molar-refractivity contribution in [1.82, 2.24) is 5.32 Å². The van der Waals surface area contributed by atoms with Crippen molar-refractivity contribution in [1.29, 1.82) is 0 Å². The molecular formula is C22H24N2O5. The highest BCUT2D eigenvalue weighted by atomic mass is 16.5. The Kier molecular flexibility index (Phi) is 6.07. The summed E-state index contributed by atoms with van der Waals surface area (Å²) in [6, 6.07) is 14.3. The first kappa shape index (κ1) is 20.3. The molecule has 1 saturated heterocycles. The van der Waals surface area contributed by atoms with Gasteiger partial charge in [0.15, 0.2) is 11.5 Å². The summed E-state index contributed by atoms with van der Waals surface area (Å²) in [7, 11) is 4.43. The lowest BCUT2D eigenvalue weighted by molar-refractivity contribution is -0.135. The summed E-state index contributed by atoms with van der Waals surface area (Å²) in [6.45, 7) is 1.73. The van der Waals surface area contributed by atoms with Crippen LogP contribution in [0.5, 0.6) is 11.5 Å². The van der Waals surface area contributed by atoms with Crippen molar-refractivity contribution in [2.75, 3.05) is 26.2 Å². The fraction of sp³-hybridized carbons (Fsp3) is 0.273. The van der Waals surface area contributed by atoms with Gasteiger partial charge >= 0.3 is 5.97 Å². The van der Waals surface area contributed by atoms with Gasteiger partial charge in [0.1, 0.15) is 6.04 Å². The van der Waals surface area contributed by atoms with E-state index in [0.29, 0.717) is 22.9 Å². The largest absolute Gasteiger partial charge is 0.493 e. The van der Waals surface area contributed by atoms with Gasteiger partial charge in [0.05, 0.1) is 27.4 Å². The standard InChI is InChI=1S/C22H24N2O5/c1-14(12-19(25)29-4)23-20-21(15-8-6-5-7-9-15)24(22(20)26)16-10-11-17(27-2)18(13-16)28-3/h5-13,20-21,23H,1-4H3. The van der Waals surface area contributed by atoms with Gasteiger partial charge in [-0.1, -0.05) is 30.3 Å². The van der Waals surface area contributed by atoms with Crippen LogP contribution in [-0.2, 0) is 14.3 Å². The van der Waals surface area contributed by atoms with E-state index in [1.165, 1.54) is 13.2 Å². The van der Waals surface area contributed by atoms with Crippen molar-refractivity contribution in [2.45, 2.75) is 19.0 Å². The highest BCUT2D eigenvalue weighted by Gasteiger charge is 2.49. The van der Waals surface area contributed by atoms with Crippen LogP contribution in [0.4, 0.5) is 5.69 Å². The van der Waals surface area contributed by atoms with E-state index >= 15 is 0 Å². The number of β-lactam (4-membered cyclic amide) rings is 1. The zero-order valence-electron chi connectivity index (χ0n) is 16.8. The number of benzene rings is 2. The Bertz CT molecular complexity index is 926. The fourth-order valence-corrected chi connectivity index (χ4v) is 3.41. The Hall–Kier alpha value is -3.48. The molecule has 0 spiro atoms. The van der Waals surface area contributed by atoms with E-state index < -0.39 is 12.0 Å². The van der Waals surface area contributed by atoms with Gasteiger partial charge in [-0.3, -0.25) is 4.79 Å². The fourth-order valence-electron chi connectivity index (χ4n) is 3.41. The molecule has 0 saturated carbocycles. The molecule has 1 aliphatic heterocycles. The van der Waals surface area contributed by atoms with E-state index in [-0.39, 0.29) is 11.9 Å². The van der Waals surface area contributed by atoms with Gasteiger partial charge in [0.25, 0.3) is 5.91 Å². The summed E-state index contributed by atoms with van der Waals surface area (Å²) in [5, 5.41) is 3.14. The van der Waals surface area contributed by atoms with Crippen LogP contribution in [0.1, 0.15) is 18.5 Å². The van der Waals surface area contributed by atoms with Crippen molar-refractivity contribution >= 4 is 17.6 Å². The monoisotopic (exact) mass is 396 g/mol. The normalized spacial score (nSPS) is 18.7. The number of carbonyl (C=O) groups is 2. The van der Waals surface area contributed by atoms with E-state index in [2.05, 4.69) is 10.1 Å². The highest BCUT2D eigenvalue weighted by molar-refractivity contribution is 6.06. The first-order valence-electron chi connectivity index (χ1n) is 9.13. The molecule has 0 aromatic heterocycles. The van der Waals surface area contributed by atoms with Gasteiger partial charge in [0, 0.05) is 23.5 Å². The van der Waals surface area contributed by atoms with Gasteiger partial charge in [-0.15, -0.1) is 0 Å². The molecule has 0 radical (unpaired) electrons. The molecule has 7 heteroatoms. The zero-order valence-corrected chi connectivity index (χ0v) is 16.8. The van der Waals surface area contributed by atoms with Gasteiger partial charge in [0.2, 0.25) is 0 Å². The minimum atomic E-state index is -0.508. The second kappa shape index (κ2) is 8.68. The Morgan fingerprint density at radius 3 is 2.34 bits per heavy atom. The molecule has 2 atom stereocenters. The van der Waals surface area contributed by atoms with Gasteiger partial charge < -0.3 is 24.4 Å². The number of methoxy groups -OCH3 is 3. The maximum Gasteiger partial charge on any atom is 0.332 e. The second-order valence-corrected chi connectivity index (χ2v) is 6.58. The quantitative estimate of drug-likeness (QED) is 0.441. The molecule has 29 heavy (non-hydrogen) atoms. The second-order valence-electron chi connectivity index (χ2n) is 6.58. The summed E-state index contributed by atoms with van der Waals surface area (Å²) in [6.07, 6.45) is 1.33. The highest BCUT2D eigenvalue weighted by Crippen LogP contribution is 2.42. The number of carbonyl (C=O) groups excluding carboxylic acids is 2. The Morgan fingerprint density at radius 2 is 1.72 bits per heavy atom. The topological polar surface area (TPSA) is 77.1 Å². The third-order valence-electron chi connectivity index (χ3n) is 4.80. The SMILES string of the molecule is COC(=O)C=C(C)NC1C(=O)N(c2ccc(OC)c(OC)c2)C1c1ccccc1. The molecule has 2 aromatic carbocycles. The molecule has 0 bridgehead atoms. The lowest BCUT2D eigenvalue weighted by atomic mass is 9.87. The average Bonchev–Trinajstić information content (AvgIpc) is 2.75. The number of amides is 1. The number of esters is 1. The van der Waals surface area contributed by atoms with E-state index in [1.54, 1.807) is 38.2 Å². The molecular weight excluding hydrogens is 372 g/mol. The van der Waals surface area contributed by atoms with Crippen molar-refractivity contribution in [3.05, 3.63) is 65.9 Å². The number of ether oxygens (including phenoxy) is 3. The molecule has 1 N–H and O–H groups in total. The molecule has 1 aliphatic rings. The van der Waals surface area contributed by atoms with E-state index in [4.69, 9.17) is 9.47 Å². The third kappa shape index (κ3) is 4.03. The lowest BCUT2D eigenvalue weighted by Crippen LogP contribution is -2.64. The molecule has 0 aliphatic carbocycles. The van der Waals surface area contributed by atoms with Crippen LogP contribution >= 0.6 is 0 Å². The molecule has 2 unspecified atom stereocenters. The number of hydrogen-bond acceptors (Lipinski definition) is 6. The lowest BCUT2D eigenvalue weighted by Gasteiger charge is -2.48. The molecule has 2 aromatic rings. The maximum atomic E-state index is 13.0. The molecule has 1 fully saturated rings. The smallest absolute Gasteiger partial charge is 0.332 e. The first-order valence-corrected chi connectivity index (χ1v) is 9.13. The zero-order chi connectivity index (χ0) is 21.0. The minimum Gasteiger partial charge on any atom is -0.493 e. The summed E-state index contributed by atoms with van der Waals surface area (Å²) in [4.78, 5) is 26.2. The Labute approximate surface area is 169 Å². The first-order chi connectivity index (χ1) is 14.0. The van der Waals surface area contributed by atoms with Crippen molar-refractivity contribution < 1.29 is 23.8 Å². The minimum absolute atomic E-state index is 0.108. The molecule has 3 rings (SSSR count). The van der Waals surface area contributed by atoms with E-state index in [9.17, 15) is 9.59 Å². The molecule has 1 heterocycles. The Balaban J connectivity index is 1.94. The predicted molar refractivity (Wildman–Crippen MR) is 109 cm³/mol. The van der Waals surface area contributed by atoms with Crippen LogP contribution in [0.3, 0.4) is 0 Å². The number of hydrogen-bond donors (Lipinski definition) is 1. The van der Waals surface area contributed by atoms with Crippen molar-refractivity contribution in [2.24, 2.45) is 0 Å². The van der Waals surface area contributed by atoms with Gasteiger partial charge in [-0.2, -0.15) is 0 Å². The van der Waals surface area contributed by atoms with Gasteiger partial charge in [-0.25, -0.2) is 4.79 Å². The van der Waals surface area contributed by atoms with Crippen molar-refractivity contribution in [3.63, 3.8) is 0 Å². The summed E-state index contributed by atoms with van der Waals surface area (Å²) < 4.78 is 15.3. The van der Waals surface area contributed by atoms with Crippen LogP contribution in [0.25, 0.3) is 0 Å². The van der Waals surface area contributed by atoms with Crippen LogP contribution in [0, 0.1) is 0 Å². The number of nitrogens with zero attached hydrogens (tertiary/aromatic N) is 1. The molecule has 1 amide bonds. The maximum absolute atomic E-state index is 13.0. The van der Waals surface area contributed by atoms with Crippen molar-refractivity contribution in [3.8, 4) is 11.5 Å². The van der Waals surface area contributed by atoms with Gasteiger partial charge in [-0.05, 0) is 24.6 Å². The molecule has 7 nitrogen and oxygen atoms in total. The predicted octanol–water partition coefficient (Wildman–Crippen LogP) is 2.83. The summed E-state index contributed by atoms with van der Waals surface area (Å²) >= 11 is 0.